The zero-order chi connectivity index (χ0) is 24.8. The molecule has 0 fully saturated rings. The molecule has 0 saturated carbocycles. The zero-order valence-corrected chi connectivity index (χ0v) is 21.6. The van der Waals surface area contributed by atoms with Gasteiger partial charge in [0.2, 0.25) is 5.91 Å². The Kier molecular flexibility index (Phi) is 8.03. The topological polar surface area (TPSA) is 75.7 Å². The first kappa shape index (κ1) is 25.1. The van der Waals surface area contributed by atoms with Crippen molar-refractivity contribution in [3.63, 3.8) is 0 Å². The monoisotopic (exact) mass is 510 g/mol. The van der Waals surface area contributed by atoms with Crippen molar-refractivity contribution in [2.75, 3.05) is 23.7 Å². The maximum absolute atomic E-state index is 13.8. The van der Waals surface area contributed by atoms with Crippen molar-refractivity contribution in [2.45, 2.75) is 42.0 Å². The summed E-state index contributed by atoms with van der Waals surface area (Å²) in [5, 5.41) is 3.08. The number of thioether (sulfide) groups is 1. The smallest absolute Gasteiger partial charge is 0.264 e. The van der Waals surface area contributed by atoms with Crippen LogP contribution in [0.4, 0.5) is 5.69 Å². The van der Waals surface area contributed by atoms with E-state index in [0.717, 1.165) is 34.0 Å². The Morgan fingerprint density at radius 1 is 1.06 bits per heavy atom. The van der Waals surface area contributed by atoms with Crippen molar-refractivity contribution in [1.82, 2.24) is 5.32 Å². The largest absolute Gasteiger partial charge is 0.492 e. The van der Waals surface area contributed by atoms with Crippen LogP contribution in [0.2, 0.25) is 0 Å². The van der Waals surface area contributed by atoms with Crippen molar-refractivity contribution in [2.24, 2.45) is 0 Å². The van der Waals surface area contributed by atoms with Crippen molar-refractivity contribution in [1.29, 1.82) is 0 Å². The van der Waals surface area contributed by atoms with E-state index in [1.807, 2.05) is 31.4 Å². The summed E-state index contributed by atoms with van der Waals surface area (Å²) in [6.45, 7) is 1.86. The molecule has 1 N–H and O–H groups in total. The molecule has 3 aromatic rings. The highest BCUT2D eigenvalue weighted by molar-refractivity contribution is 7.98. The molecule has 3 aromatic carbocycles. The molecule has 1 aliphatic rings. The molecule has 0 aromatic heterocycles. The highest BCUT2D eigenvalue weighted by Crippen LogP contribution is 2.34. The molecule has 0 unspecified atom stereocenters. The Balaban J connectivity index is 1.67. The number of para-hydroxylation sites is 2. The molecular weight excluding hydrogens is 480 g/mol. The molecule has 184 valence electrons. The van der Waals surface area contributed by atoms with E-state index in [1.165, 1.54) is 17.3 Å². The highest BCUT2D eigenvalue weighted by atomic mass is 32.2. The van der Waals surface area contributed by atoms with Crippen molar-refractivity contribution >= 4 is 33.4 Å². The van der Waals surface area contributed by atoms with Gasteiger partial charge in [-0.1, -0.05) is 36.4 Å². The molecule has 1 aliphatic carbocycles. The van der Waals surface area contributed by atoms with E-state index >= 15 is 0 Å². The van der Waals surface area contributed by atoms with Gasteiger partial charge in [0.05, 0.1) is 23.2 Å². The molecule has 4 rings (SSSR count). The third-order valence-electron chi connectivity index (χ3n) is 6.07. The van der Waals surface area contributed by atoms with Gasteiger partial charge in [-0.2, -0.15) is 0 Å². The number of nitrogens with zero attached hydrogens (tertiary/aromatic N) is 1. The van der Waals surface area contributed by atoms with Crippen LogP contribution in [0.3, 0.4) is 0 Å². The molecule has 0 radical (unpaired) electrons. The number of rotatable bonds is 9. The summed E-state index contributed by atoms with van der Waals surface area (Å²) in [4.78, 5) is 14.4. The minimum atomic E-state index is -4.03. The number of ether oxygens (including phenoxy) is 1. The molecule has 0 spiro atoms. The van der Waals surface area contributed by atoms with Gasteiger partial charge in [0.15, 0.2) is 0 Å². The minimum Gasteiger partial charge on any atom is -0.492 e. The highest BCUT2D eigenvalue weighted by Gasteiger charge is 2.31. The van der Waals surface area contributed by atoms with Gasteiger partial charge >= 0.3 is 0 Å². The molecule has 0 saturated heterocycles. The van der Waals surface area contributed by atoms with Crippen LogP contribution in [-0.2, 0) is 21.2 Å². The lowest BCUT2D eigenvalue weighted by Crippen LogP contribution is -2.42. The van der Waals surface area contributed by atoms with Crippen LogP contribution in [0.25, 0.3) is 0 Å². The number of aryl methyl sites for hydroxylation is 1. The Hall–Kier alpha value is -2.97. The standard InChI is InChI=1S/C27H30N2O4S2/c1-3-33-26-14-7-6-13-25(26)29(35(31,32)22-17-15-21(34-2)16-18-22)19-27(30)28-24-12-8-10-20-9-4-5-11-23(20)24/h4-7,9,11,13-18,24H,3,8,10,12,19H2,1-2H3,(H,28,30)/t24-/m1/s1. The number of anilines is 1. The molecule has 1 atom stereocenters. The van der Waals surface area contributed by atoms with Gasteiger partial charge in [0, 0.05) is 4.90 Å². The Morgan fingerprint density at radius 3 is 2.51 bits per heavy atom. The average Bonchev–Trinajstić information content (AvgIpc) is 2.88. The van der Waals surface area contributed by atoms with Gasteiger partial charge in [-0.05, 0) is 80.0 Å². The van der Waals surface area contributed by atoms with E-state index in [1.54, 1.807) is 48.5 Å². The lowest BCUT2D eigenvalue weighted by molar-refractivity contribution is -0.120. The predicted octanol–water partition coefficient (Wildman–Crippen LogP) is 5.20. The number of amides is 1. The zero-order valence-electron chi connectivity index (χ0n) is 19.9. The molecule has 1 amide bonds. The summed E-state index contributed by atoms with van der Waals surface area (Å²) < 4.78 is 34.5. The van der Waals surface area contributed by atoms with Crippen LogP contribution in [0, 0.1) is 0 Å². The lowest BCUT2D eigenvalue weighted by Gasteiger charge is -2.29. The van der Waals surface area contributed by atoms with Gasteiger partial charge in [-0.15, -0.1) is 11.8 Å². The van der Waals surface area contributed by atoms with E-state index in [2.05, 4.69) is 11.4 Å². The molecule has 0 bridgehead atoms. The first-order chi connectivity index (χ1) is 16.9. The van der Waals surface area contributed by atoms with E-state index in [9.17, 15) is 13.2 Å². The second-order valence-corrected chi connectivity index (χ2v) is 11.0. The molecule has 35 heavy (non-hydrogen) atoms. The van der Waals surface area contributed by atoms with E-state index in [4.69, 9.17) is 4.74 Å². The lowest BCUT2D eigenvalue weighted by atomic mass is 9.88. The van der Waals surface area contributed by atoms with Gasteiger partial charge in [0.1, 0.15) is 12.3 Å². The Morgan fingerprint density at radius 2 is 1.77 bits per heavy atom. The van der Waals surface area contributed by atoms with Crippen LogP contribution in [0.15, 0.2) is 82.6 Å². The van der Waals surface area contributed by atoms with Crippen molar-refractivity contribution in [3.05, 3.63) is 83.9 Å². The normalized spacial score (nSPS) is 15.2. The fraction of sp³-hybridized carbons (Fsp3) is 0.296. The fourth-order valence-electron chi connectivity index (χ4n) is 4.39. The molecule has 0 heterocycles. The molecule has 6 nitrogen and oxygen atoms in total. The first-order valence-electron chi connectivity index (χ1n) is 11.7. The SMILES string of the molecule is CCOc1ccccc1N(CC(=O)N[C@@H]1CCCc2ccccc21)S(=O)(=O)c1ccc(SC)cc1. The average molecular weight is 511 g/mol. The summed E-state index contributed by atoms with van der Waals surface area (Å²) in [6, 6.07) is 21.5. The van der Waals surface area contributed by atoms with E-state index in [0.29, 0.717) is 18.0 Å². The molecular formula is C27H30N2O4S2. The maximum Gasteiger partial charge on any atom is 0.264 e. The van der Waals surface area contributed by atoms with Crippen LogP contribution in [0.1, 0.15) is 36.9 Å². The quantitative estimate of drug-likeness (QED) is 0.401. The number of hydrogen-bond donors (Lipinski definition) is 1. The second kappa shape index (κ2) is 11.2. The van der Waals surface area contributed by atoms with Gasteiger partial charge in [-0.25, -0.2) is 8.42 Å². The third kappa shape index (κ3) is 5.65. The number of hydrogen-bond acceptors (Lipinski definition) is 5. The Bertz CT molecular complexity index is 1280. The maximum atomic E-state index is 13.8. The molecule has 8 heteroatoms. The number of benzene rings is 3. The summed E-state index contributed by atoms with van der Waals surface area (Å²) >= 11 is 1.53. The second-order valence-electron chi connectivity index (χ2n) is 8.30. The number of sulfonamides is 1. The summed E-state index contributed by atoms with van der Waals surface area (Å²) in [5.41, 5.74) is 2.66. The Labute approximate surface area is 211 Å². The fourth-order valence-corrected chi connectivity index (χ4v) is 6.23. The third-order valence-corrected chi connectivity index (χ3v) is 8.59. The van der Waals surface area contributed by atoms with Gasteiger partial charge in [-0.3, -0.25) is 9.10 Å². The summed E-state index contributed by atoms with van der Waals surface area (Å²) in [5.74, 6) is 0.0532. The minimum absolute atomic E-state index is 0.123. The molecule has 0 aliphatic heterocycles. The van der Waals surface area contributed by atoms with Crippen LogP contribution in [0.5, 0.6) is 5.75 Å². The summed E-state index contributed by atoms with van der Waals surface area (Å²) in [7, 11) is -4.03. The van der Waals surface area contributed by atoms with Crippen molar-refractivity contribution in [3.8, 4) is 5.75 Å². The number of fused-ring (bicyclic) bond motifs is 1. The van der Waals surface area contributed by atoms with Gasteiger partial charge < -0.3 is 10.1 Å². The van der Waals surface area contributed by atoms with Gasteiger partial charge in [0.25, 0.3) is 10.0 Å². The first-order valence-corrected chi connectivity index (χ1v) is 14.4. The van der Waals surface area contributed by atoms with Crippen molar-refractivity contribution < 1.29 is 17.9 Å². The summed E-state index contributed by atoms with van der Waals surface area (Å²) in [6.07, 6.45) is 4.71. The van der Waals surface area contributed by atoms with Crippen LogP contribution < -0.4 is 14.4 Å². The van der Waals surface area contributed by atoms with Crippen LogP contribution >= 0.6 is 11.8 Å². The number of nitrogens with one attached hydrogen (secondary N) is 1. The van der Waals surface area contributed by atoms with E-state index < -0.39 is 10.0 Å². The van der Waals surface area contributed by atoms with Crippen LogP contribution in [-0.4, -0.2) is 33.7 Å². The number of carbonyl (C=O) groups excluding carboxylic acids is 1. The number of carbonyl (C=O) groups is 1. The van der Waals surface area contributed by atoms with E-state index in [-0.39, 0.29) is 23.4 Å². The predicted molar refractivity (Wildman–Crippen MR) is 141 cm³/mol.